The maximum atomic E-state index is 11.3. The van der Waals surface area contributed by atoms with Crippen LogP contribution >= 0.6 is 24.8 Å². The fourth-order valence-electron chi connectivity index (χ4n) is 1.84. The van der Waals surface area contributed by atoms with E-state index in [1.54, 1.807) is 12.1 Å². The van der Waals surface area contributed by atoms with Crippen LogP contribution in [0.15, 0.2) is 12.1 Å². The highest BCUT2D eigenvalue weighted by atomic mass is 35.5. The molecule has 1 rings (SSSR count). The lowest BCUT2D eigenvalue weighted by molar-refractivity contribution is -0.139. The van der Waals surface area contributed by atoms with Crippen molar-refractivity contribution in [2.24, 2.45) is 5.73 Å². The van der Waals surface area contributed by atoms with Crippen molar-refractivity contribution in [1.29, 1.82) is 0 Å². The van der Waals surface area contributed by atoms with Crippen LogP contribution < -0.4 is 25.3 Å². The van der Waals surface area contributed by atoms with E-state index < -0.39 is 12.0 Å². The summed E-state index contributed by atoms with van der Waals surface area (Å²) in [7, 11) is 4.44. The molecule has 1 aromatic rings. The number of benzene rings is 1. The third kappa shape index (κ3) is 5.42. The highest BCUT2D eigenvalue weighted by Crippen LogP contribution is 2.39. The summed E-state index contributed by atoms with van der Waals surface area (Å²) in [4.78, 5) is 11.3. The molecule has 0 fully saturated rings. The van der Waals surface area contributed by atoms with Gasteiger partial charge in [0.15, 0.2) is 11.5 Å². The van der Waals surface area contributed by atoms with Gasteiger partial charge < -0.3 is 25.1 Å². The zero-order valence-corrected chi connectivity index (χ0v) is 14.3. The van der Waals surface area contributed by atoms with Crippen LogP contribution in [0.5, 0.6) is 17.2 Å². The number of nitrogens with one attached hydrogen (secondary N) is 1. The second-order valence-electron chi connectivity index (χ2n) is 3.97. The lowest BCUT2D eigenvalue weighted by Gasteiger charge is -2.18. The van der Waals surface area contributed by atoms with E-state index in [2.05, 4.69) is 5.32 Å². The predicted octanol–water partition coefficient (Wildman–Crippen LogP) is 1.23. The summed E-state index contributed by atoms with van der Waals surface area (Å²) in [5.74, 6) is 0.222. The first-order valence-electron chi connectivity index (χ1n) is 6.05. The number of methoxy groups -OCH3 is 3. The molecule has 22 heavy (non-hydrogen) atoms. The van der Waals surface area contributed by atoms with Gasteiger partial charge in [0.2, 0.25) is 5.75 Å². The highest BCUT2D eigenvalue weighted by Gasteiger charge is 2.23. The molecular weight excluding hydrogens is 335 g/mol. The van der Waals surface area contributed by atoms with Gasteiger partial charge in [0.05, 0.1) is 21.3 Å². The highest BCUT2D eigenvalue weighted by molar-refractivity contribution is 5.85. The Balaban J connectivity index is 0. The van der Waals surface area contributed by atoms with Crippen molar-refractivity contribution in [3.05, 3.63) is 17.7 Å². The Labute approximate surface area is 141 Å². The van der Waals surface area contributed by atoms with E-state index in [1.165, 1.54) is 21.3 Å². The van der Waals surface area contributed by atoms with Crippen molar-refractivity contribution < 1.29 is 24.1 Å². The first-order chi connectivity index (χ1) is 9.58. The second kappa shape index (κ2) is 11.2. The number of hydrogen-bond acceptors (Lipinski definition) is 6. The van der Waals surface area contributed by atoms with Crippen LogP contribution in [-0.2, 0) is 4.79 Å². The van der Waals surface area contributed by atoms with Crippen molar-refractivity contribution in [2.45, 2.75) is 6.04 Å². The van der Waals surface area contributed by atoms with Gasteiger partial charge in [0.1, 0.15) is 6.04 Å². The molecule has 7 nitrogen and oxygen atoms in total. The Hall–Kier alpha value is -1.41. The summed E-state index contributed by atoms with van der Waals surface area (Å²) in [6, 6.07) is 2.31. The molecule has 0 amide bonds. The topological polar surface area (TPSA) is 103 Å². The molecule has 0 radical (unpaired) electrons. The molecule has 0 spiro atoms. The van der Waals surface area contributed by atoms with E-state index in [9.17, 15) is 9.90 Å². The van der Waals surface area contributed by atoms with E-state index in [4.69, 9.17) is 19.9 Å². The SMILES string of the molecule is COc1cc(C(NCCN)C(=O)O)cc(OC)c1OC.Cl.Cl. The fourth-order valence-corrected chi connectivity index (χ4v) is 1.84. The maximum Gasteiger partial charge on any atom is 0.325 e. The van der Waals surface area contributed by atoms with E-state index in [0.29, 0.717) is 35.9 Å². The van der Waals surface area contributed by atoms with Crippen LogP contribution in [0.2, 0.25) is 0 Å². The molecule has 0 aliphatic rings. The number of carboxylic acids is 1. The summed E-state index contributed by atoms with van der Waals surface area (Å²) < 4.78 is 15.6. The van der Waals surface area contributed by atoms with Gasteiger partial charge in [-0.1, -0.05) is 0 Å². The third-order valence-corrected chi connectivity index (χ3v) is 2.76. The number of rotatable bonds is 8. The Morgan fingerprint density at radius 2 is 1.68 bits per heavy atom. The molecule has 9 heteroatoms. The number of hydrogen-bond donors (Lipinski definition) is 3. The van der Waals surface area contributed by atoms with E-state index in [-0.39, 0.29) is 24.8 Å². The van der Waals surface area contributed by atoms with Gasteiger partial charge >= 0.3 is 5.97 Å². The summed E-state index contributed by atoms with van der Waals surface area (Å²) in [6.07, 6.45) is 0. The molecule has 0 saturated carbocycles. The summed E-state index contributed by atoms with van der Waals surface area (Å²) in [6.45, 7) is 0.724. The number of aliphatic carboxylic acids is 1. The molecule has 128 valence electrons. The number of carboxylic acid groups (broad SMARTS) is 1. The van der Waals surface area contributed by atoms with Crippen molar-refractivity contribution in [3.8, 4) is 17.2 Å². The van der Waals surface area contributed by atoms with Crippen molar-refractivity contribution >= 4 is 30.8 Å². The maximum absolute atomic E-state index is 11.3. The molecule has 0 aromatic heterocycles. The molecule has 0 aliphatic heterocycles. The van der Waals surface area contributed by atoms with Crippen LogP contribution in [0, 0.1) is 0 Å². The van der Waals surface area contributed by atoms with Gasteiger partial charge in [0, 0.05) is 13.1 Å². The Bertz CT molecular complexity index is 449. The van der Waals surface area contributed by atoms with E-state index in [1.807, 2.05) is 0 Å². The first-order valence-corrected chi connectivity index (χ1v) is 6.05. The van der Waals surface area contributed by atoms with Crippen LogP contribution in [0.3, 0.4) is 0 Å². The molecule has 4 N–H and O–H groups in total. The molecule has 0 saturated heterocycles. The normalized spacial score (nSPS) is 10.7. The molecule has 1 atom stereocenters. The largest absolute Gasteiger partial charge is 0.493 e. The molecule has 1 unspecified atom stereocenters. The van der Waals surface area contributed by atoms with Crippen LogP contribution in [0.1, 0.15) is 11.6 Å². The number of carbonyl (C=O) groups is 1. The average molecular weight is 357 g/mol. The van der Waals surface area contributed by atoms with Gasteiger partial charge in [0.25, 0.3) is 0 Å². The molecule has 1 aromatic carbocycles. The average Bonchev–Trinajstić information content (AvgIpc) is 2.45. The van der Waals surface area contributed by atoms with Crippen molar-refractivity contribution in [2.75, 3.05) is 34.4 Å². The minimum Gasteiger partial charge on any atom is -0.493 e. The smallest absolute Gasteiger partial charge is 0.325 e. The second-order valence-corrected chi connectivity index (χ2v) is 3.97. The van der Waals surface area contributed by atoms with Gasteiger partial charge in [-0.05, 0) is 17.7 Å². The van der Waals surface area contributed by atoms with Crippen molar-refractivity contribution in [3.63, 3.8) is 0 Å². The molecule has 0 heterocycles. The number of ether oxygens (including phenoxy) is 3. The molecule has 0 aliphatic carbocycles. The predicted molar refractivity (Wildman–Crippen MR) is 88.0 cm³/mol. The Kier molecular flexibility index (Phi) is 11.6. The van der Waals surface area contributed by atoms with E-state index >= 15 is 0 Å². The minimum absolute atomic E-state index is 0. The van der Waals surface area contributed by atoms with Crippen LogP contribution in [0.4, 0.5) is 0 Å². The fraction of sp³-hybridized carbons (Fsp3) is 0.462. The quantitative estimate of drug-likeness (QED) is 0.643. The minimum atomic E-state index is -1.01. The Morgan fingerprint density at radius 3 is 2.00 bits per heavy atom. The summed E-state index contributed by atoms with van der Waals surface area (Å²) >= 11 is 0. The molecular formula is C13H22Cl2N2O5. The monoisotopic (exact) mass is 356 g/mol. The molecule has 0 bridgehead atoms. The third-order valence-electron chi connectivity index (χ3n) is 2.76. The summed E-state index contributed by atoms with van der Waals surface area (Å²) in [5.41, 5.74) is 5.89. The van der Waals surface area contributed by atoms with Crippen LogP contribution in [-0.4, -0.2) is 45.5 Å². The van der Waals surface area contributed by atoms with Gasteiger partial charge in [-0.25, -0.2) is 0 Å². The first kappa shape index (κ1) is 22.9. The van der Waals surface area contributed by atoms with Crippen LogP contribution in [0.25, 0.3) is 0 Å². The van der Waals surface area contributed by atoms with Gasteiger partial charge in [-0.3, -0.25) is 10.1 Å². The zero-order chi connectivity index (χ0) is 15.1. The lowest BCUT2D eigenvalue weighted by Crippen LogP contribution is -2.32. The van der Waals surface area contributed by atoms with Crippen molar-refractivity contribution in [1.82, 2.24) is 5.32 Å². The zero-order valence-electron chi connectivity index (χ0n) is 12.6. The summed E-state index contributed by atoms with van der Waals surface area (Å²) in [5, 5.41) is 12.1. The Morgan fingerprint density at radius 1 is 1.18 bits per heavy atom. The van der Waals surface area contributed by atoms with Gasteiger partial charge in [-0.2, -0.15) is 0 Å². The number of nitrogens with two attached hydrogens (primary N) is 1. The van der Waals surface area contributed by atoms with E-state index in [0.717, 1.165) is 0 Å². The van der Waals surface area contributed by atoms with Gasteiger partial charge in [-0.15, -0.1) is 24.8 Å². The standard InChI is InChI=1S/C13H20N2O5.2ClH/c1-18-9-6-8(7-10(19-2)12(9)20-3)11(13(16)17)15-5-4-14;;/h6-7,11,15H,4-5,14H2,1-3H3,(H,16,17);2*1H. The lowest BCUT2D eigenvalue weighted by atomic mass is 10.1. The number of halogens is 2.